The second kappa shape index (κ2) is 7.39. The first kappa shape index (κ1) is 17.7. The van der Waals surface area contributed by atoms with Crippen LogP contribution in [0.4, 0.5) is 0 Å². The lowest BCUT2D eigenvalue weighted by atomic mass is 10.1. The maximum Gasteiger partial charge on any atom is 0.344 e. The summed E-state index contributed by atoms with van der Waals surface area (Å²) in [5.41, 5.74) is 1.68. The highest BCUT2D eigenvalue weighted by Gasteiger charge is 2.21. The molecule has 0 aliphatic rings. The molecule has 0 bridgehead atoms. The predicted octanol–water partition coefficient (Wildman–Crippen LogP) is 2.94. The van der Waals surface area contributed by atoms with Gasteiger partial charge in [-0.1, -0.05) is 12.1 Å². The lowest BCUT2D eigenvalue weighted by molar-refractivity contribution is 0.0523. The van der Waals surface area contributed by atoms with E-state index in [0.717, 1.165) is 16.7 Å². The van der Waals surface area contributed by atoms with Crippen molar-refractivity contribution in [2.45, 2.75) is 20.4 Å². The average molecular weight is 352 g/mol. The number of nitrogens with zero attached hydrogens (tertiary/aromatic N) is 2. The molecule has 3 aromatic rings. The van der Waals surface area contributed by atoms with Crippen LogP contribution < -0.4 is 10.3 Å². The number of aromatic nitrogens is 2. The summed E-state index contributed by atoms with van der Waals surface area (Å²) in [4.78, 5) is 29.8. The van der Waals surface area contributed by atoms with Gasteiger partial charge in [-0.25, -0.2) is 9.78 Å². The number of carbonyl (C=O) groups is 1. The summed E-state index contributed by atoms with van der Waals surface area (Å²) >= 11 is 0. The zero-order valence-corrected chi connectivity index (χ0v) is 15.0. The summed E-state index contributed by atoms with van der Waals surface area (Å²) in [6.07, 6.45) is 1.63. The fourth-order valence-electron chi connectivity index (χ4n) is 2.93. The molecule has 0 radical (unpaired) electrons. The molecule has 0 saturated heterocycles. The summed E-state index contributed by atoms with van der Waals surface area (Å²) in [6.45, 7) is 3.96. The van der Waals surface area contributed by atoms with Crippen LogP contribution >= 0.6 is 0 Å². The molecule has 2 heterocycles. The van der Waals surface area contributed by atoms with Gasteiger partial charge in [-0.15, -0.1) is 0 Å². The van der Waals surface area contributed by atoms with Crippen LogP contribution in [0.1, 0.15) is 28.4 Å². The molecule has 0 fully saturated rings. The van der Waals surface area contributed by atoms with Gasteiger partial charge >= 0.3 is 5.97 Å². The fourth-order valence-corrected chi connectivity index (χ4v) is 2.93. The molecular formula is C20H20N2O4. The molecular weight excluding hydrogens is 332 g/mol. The molecule has 26 heavy (non-hydrogen) atoms. The van der Waals surface area contributed by atoms with Crippen LogP contribution in [-0.4, -0.2) is 29.2 Å². The minimum Gasteiger partial charge on any atom is -0.497 e. The number of benzene rings is 1. The van der Waals surface area contributed by atoms with Gasteiger partial charge in [0.05, 0.1) is 20.3 Å². The molecule has 2 aromatic heterocycles. The van der Waals surface area contributed by atoms with Crippen molar-refractivity contribution in [3.8, 4) is 5.75 Å². The predicted molar refractivity (Wildman–Crippen MR) is 98.8 cm³/mol. The molecule has 0 aliphatic heterocycles. The van der Waals surface area contributed by atoms with Crippen LogP contribution in [0.15, 0.2) is 47.4 Å². The third-order valence-corrected chi connectivity index (χ3v) is 4.26. The maximum absolute atomic E-state index is 13.0. The van der Waals surface area contributed by atoms with E-state index in [9.17, 15) is 9.59 Å². The standard InChI is InChI=1S/C20H20N2O4/c1-4-26-20(24)17-13(2)16-6-5-11-21-18(16)22(19(17)23)12-14-7-9-15(25-3)10-8-14/h5-11H,4,12H2,1-3H3. The topological polar surface area (TPSA) is 70.4 Å². The zero-order valence-electron chi connectivity index (χ0n) is 15.0. The van der Waals surface area contributed by atoms with Crippen molar-refractivity contribution in [3.63, 3.8) is 0 Å². The van der Waals surface area contributed by atoms with Gasteiger partial charge in [0.25, 0.3) is 5.56 Å². The van der Waals surface area contributed by atoms with Crippen molar-refractivity contribution < 1.29 is 14.3 Å². The summed E-state index contributed by atoms with van der Waals surface area (Å²) in [7, 11) is 1.60. The van der Waals surface area contributed by atoms with E-state index >= 15 is 0 Å². The molecule has 0 unspecified atom stereocenters. The number of fused-ring (bicyclic) bond motifs is 1. The second-order valence-electron chi connectivity index (χ2n) is 5.83. The Morgan fingerprint density at radius 1 is 1.19 bits per heavy atom. The first-order valence-electron chi connectivity index (χ1n) is 8.35. The Kier molecular flexibility index (Phi) is 5.02. The molecule has 0 atom stereocenters. The Morgan fingerprint density at radius 2 is 1.92 bits per heavy atom. The number of ether oxygens (including phenoxy) is 2. The molecule has 3 rings (SSSR count). The van der Waals surface area contributed by atoms with E-state index in [-0.39, 0.29) is 12.2 Å². The van der Waals surface area contributed by atoms with Gasteiger partial charge in [-0.05, 0) is 49.2 Å². The summed E-state index contributed by atoms with van der Waals surface area (Å²) in [5, 5.41) is 0.753. The van der Waals surface area contributed by atoms with E-state index in [2.05, 4.69) is 4.98 Å². The van der Waals surface area contributed by atoms with Gasteiger partial charge in [0.1, 0.15) is 17.0 Å². The third kappa shape index (κ3) is 3.18. The third-order valence-electron chi connectivity index (χ3n) is 4.26. The lowest BCUT2D eigenvalue weighted by Crippen LogP contribution is -2.30. The number of hydrogen-bond acceptors (Lipinski definition) is 5. The number of hydrogen-bond donors (Lipinski definition) is 0. The van der Waals surface area contributed by atoms with E-state index < -0.39 is 11.5 Å². The van der Waals surface area contributed by atoms with Gasteiger partial charge < -0.3 is 9.47 Å². The lowest BCUT2D eigenvalue weighted by Gasteiger charge is -2.15. The summed E-state index contributed by atoms with van der Waals surface area (Å²) in [5.74, 6) is 0.129. The summed E-state index contributed by atoms with van der Waals surface area (Å²) < 4.78 is 11.8. The molecule has 6 nitrogen and oxygen atoms in total. The van der Waals surface area contributed by atoms with Gasteiger partial charge in [-0.2, -0.15) is 0 Å². The Hall–Kier alpha value is -3.15. The highest BCUT2D eigenvalue weighted by molar-refractivity contribution is 5.96. The highest BCUT2D eigenvalue weighted by Crippen LogP contribution is 2.20. The van der Waals surface area contributed by atoms with Crippen LogP contribution in [0, 0.1) is 6.92 Å². The van der Waals surface area contributed by atoms with Crippen molar-refractivity contribution in [2.75, 3.05) is 13.7 Å². The largest absolute Gasteiger partial charge is 0.497 e. The van der Waals surface area contributed by atoms with E-state index in [1.165, 1.54) is 4.57 Å². The van der Waals surface area contributed by atoms with E-state index in [4.69, 9.17) is 9.47 Å². The number of pyridine rings is 2. The second-order valence-corrected chi connectivity index (χ2v) is 5.83. The van der Waals surface area contributed by atoms with Crippen LogP contribution in [0.25, 0.3) is 11.0 Å². The molecule has 6 heteroatoms. The molecule has 1 aromatic carbocycles. The number of methoxy groups -OCH3 is 1. The summed E-state index contributed by atoms with van der Waals surface area (Å²) in [6, 6.07) is 11.1. The Balaban J connectivity index is 2.19. The highest BCUT2D eigenvalue weighted by atomic mass is 16.5. The van der Waals surface area contributed by atoms with Gasteiger partial charge in [0.15, 0.2) is 0 Å². The van der Waals surface area contributed by atoms with Gasteiger partial charge in [0.2, 0.25) is 0 Å². The minimum absolute atomic E-state index is 0.0564. The van der Waals surface area contributed by atoms with Crippen molar-refractivity contribution in [2.24, 2.45) is 0 Å². The maximum atomic E-state index is 13.0. The van der Waals surface area contributed by atoms with Crippen LogP contribution in [0.5, 0.6) is 5.75 Å². The molecule has 134 valence electrons. The van der Waals surface area contributed by atoms with Crippen molar-refractivity contribution >= 4 is 17.0 Å². The van der Waals surface area contributed by atoms with E-state index in [1.807, 2.05) is 30.3 Å². The molecule has 0 spiro atoms. The normalized spacial score (nSPS) is 10.7. The Morgan fingerprint density at radius 3 is 2.58 bits per heavy atom. The van der Waals surface area contributed by atoms with Crippen LogP contribution in [0.2, 0.25) is 0 Å². The number of rotatable bonds is 5. The van der Waals surface area contributed by atoms with E-state index in [0.29, 0.717) is 17.8 Å². The van der Waals surface area contributed by atoms with Gasteiger partial charge in [-0.3, -0.25) is 9.36 Å². The minimum atomic E-state index is -0.607. The Labute approximate surface area is 151 Å². The monoisotopic (exact) mass is 352 g/mol. The van der Waals surface area contributed by atoms with Crippen molar-refractivity contribution in [1.29, 1.82) is 0 Å². The SMILES string of the molecule is CCOC(=O)c1c(C)c2cccnc2n(Cc2ccc(OC)cc2)c1=O. The van der Waals surface area contributed by atoms with Crippen molar-refractivity contribution in [1.82, 2.24) is 9.55 Å². The molecule has 0 saturated carbocycles. The number of carbonyl (C=O) groups excluding carboxylic acids is 1. The Bertz CT molecular complexity index is 1010. The van der Waals surface area contributed by atoms with Crippen molar-refractivity contribution in [3.05, 3.63) is 69.6 Å². The van der Waals surface area contributed by atoms with E-state index in [1.54, 1.807) is 33.2 Å². The first-order valence-corrected chi connectivity index (χ1v) is 8.35. The first-order chi connectivity index (χ1) is 12.6. The molecule has 0 N–H and O–H groups in total. The quantitative estimate of drug-likeness (QED) is 0.660. The number of esters is 1. The number of aryl methyl sites for hydroxylation is 1. The molecule has 0 aliphatic carbocycles. The van der Waals surface area contributed by atoms with Crippen LogP contribution in [-0.2, 0) is 11.3 Å². The van der Waals surface area contributed by atoms with Gasteiger partial charge in [0, 0.05) is 11.6 Å². The zero-order chi connectivity index (χ0) is 18.7. The average Bonchev–Trinajstić information content (AvgIpc) is 2.66. The smallest absolute Gasteiger partial charge is 0.344 e. The fraction of sp³-hybridized carbons (Fsp3) is 0.250. The van der Waals surface area contributed by atoms with Crippen LogP contribution in [0.3, 0.4) is 0 Å². The molecule has 0 amide bonds.